The van der Waals surface area contributed by atoms with Gasteiger partial charge < -0.3 is 4.74 Å². The maximum Gasteiger partial charge on any atom is 0.251 e. The average Bonchev–Trinajstić information content (AvgIpc) is 2.49. The van der Waals surface area contributed by atoms with Crippen molar-refractivity contribution < 1.29 is 9.66 Å². The molecule has 2 aromatic rings. The van der Waals surface area contributed by atoms with Crippen LogP contribution < -0.4 is 4.74 Å². The number of ether oxygens (including phenoxy) is 1. The summed E-state index contributed by atoms with van der Waals surface area (Å²) in [5.41, 5.74) is 1.76. The first kappa shape index (κ1) is 15.3. The molecule has 0 atom stereocenters. The van der Waals surface area contributed by atoms with E-state index >= 15 is 0 Å². The van der Waals surface area contributed by atoms with Gasteiger partial charge in [-0.15, -0.1) is 0 Å². The Hall–Kier alpha value is -2.14. The Labute approximate surface area is 131 Å². The molecule has 4 nitrogen and oxygen atoms in total. The molecule has 2 aromatic carbocycles. The molecule has 0 aliphatic rings. The number of hydrogen-bond acceptors (Lipinski definition) is 3. The van der Waals surface area contributed by atoms with Gasteiger partial charge in [-0.25, -0.2) is 0 Å². The lowest BCUT2D eigenvalue weighted by molar-refractivity contribution is -0.425. The van der Waals surface area contributed by atoms with Crippen molar-refractivity contribution in [1.82, 2.24) is 0 Å². The van der Waals surface area contributed by atoms with Gasteiger partial charge in [-0.05, 0) is 29.3 Å². The van der Waals surface area contributed by atoms with Gasteiger partial charge in [0.25, 0.3) is 5.70 Å². The highest BCUT2D eigenvalue weighted by Gasteiger charge is 2.13. The fourth-order valence-corrected chi connectivity index (χ4v) is 2.27. The van der Waals surface area contributed by atoms with Gasteiger partial charge in [0.15, 0.2) is 0 Å². The van der Waals surface area contributed by atoms with Gasteiger partial charge in [0.05, 0.1) is 18.5 Å². The fourth-order valence-electron chi connectivity index (χ4n) is 1.91. The highest BCUT2D eigenvalue weighted by molar-refractivity contribution is 9.10. The van der Waals surface area contributed by atoms with Gasteiger partial charge in [-0.2, -0.15) is 0 Å². The summed E-state index contributed by atoms with van der Waals surface area (Å²) in [6, 6.07) is 14.7. The van der Waals surface area contributed by atoms with Gasteiger partial charge in [-0.3, -0.25) is 10.1 Å². The fraction of sp³-hybridized carbons (Fsp3) is 0.125. The van der Waals surface area contributed by atoms with Crippen molar-refractivity contribution >= 4 is 22.0 Å². The highest BCUT2D eigenvalue weighted by Crippen LogP contribution is 2.25. The summed E-state index contributed by atoms with van der Waals surface area (Å²) in [7, 11) is 1.56. The molecule has 0 radical (unpaired) electrons. The Morgan fingerprint density at radius 2 is 2.00 bits per heavy atom. The van der Waals surface area contributed by atoms with E-state index in [2.05, 4.69) is 15.9 Å². The van der Waals surface area contributed by atoms with E-state index < -0.39 is 0 Å². The first-order chi connectivity index (χ1) is 10.1. The van der Waals surface area contributed by atoms with Gasteiger partial charge in [-0.1, -0.05) is 46.3 Å². The van der Waals surface area contributed by atoms with Gasteiger partial charge in [0, 0.05) is 10.5 Å². The molecular formula is C16H14BrNO3. The second kappa shape index (κ2) is 7.04. The van der Waals surface area contributed by atoms with E-state index in [9.17, 15) is 10.1 Å². The van der Waals surface area contributed by atoms with E-state index in [-0.39, 0.29) is 17.0 Å². The molecule has 0 aliphatic carbocycles. The largest absolute Gasteiger partial charge is 0.497 e. The number of benzene rings is 2. The molecule has 108 valence electrons. The SMILES string of the molecule is COc1ccc(Br)c(/C=C(/Cc2ccccc2)[N+](=O)[O-])c1. The normalized spacial score (nSPS) is 11.2. The van der Waals surface area contributed by atoms with Crippen LogP contribution in [0.3, 0.4) is 0 Å². The van der Waals surface area contributed by atoms with Crippen molar-refractivity contribution in [1.29, 1.82) is 0 Å². The Kier molecular flexibility index (Phi) is 5.11. The molecule has 2 rings (SSSR count). The van der Waals surface area contributed by atoms with Crippen molar-refractivity contribution in [2.75, 3.05) is 7.11 Å². The number of rotatable bonds is 5. The van der Waals surface area contributed by atoms with Crippen molar-refractivity contribution in [3.63, 3.8) is 0 Å². The molecule has 0 aliphatic heterocycles. The molecule has 0 saturated carbocycles. The van der Waals surface area contributed by atoms with E-state index in [4.69, 9.17) is 4.74 Å². The minimum atomic E-state index is -0.348. The number of hydrogen-bond donors (Lipinski definition) is 0. The number of nitrogens with zero attached hydrogens (tertiary/aromatic N) is 1. The maximum absolute atomic E-state index is 11.3. The van der Waals surface area contributed by atoms with Crippen molar-refractivity contribution in [3.05, 3.63) is 79.9 Å². The highest BCUT2D eigenvalue weighted by atomic mass is 79.9. The number of allylic oxidation sites excluding steroid dienone is 1. The van der Waals surface area contributed by atoms with Gasteiger partial charge >= 0.3 is 0 Å². The van der Waals surface area contributed by atoms with Gasteiger partial charge in [0.1, 0.15) is 5.75 Å². The lowest BCUT2D eigenvalue weighted by Crippen LogP contribution is -2.02. The second-order valence-electron chi connectivity index (χ2n) is 4.44. The Morgan fingerprint density at radius 3 is 2.62 bits per heavy atom. The van der Waals surface area contributed by atoms with Crippen molar-refractivity contribution in [2.45, 2.75) is 6.42 Å². The maximum atomic E-state index is 11.3. The van der Waals surface area contributed by atoms with Crippen LogP contribution in [0.5, 0.6) is 5.75 Å². The molecule has 0 heterocycles. The van der Waals surface area contributed by atoms with Crippen LogP contribution in [0.4, 0.5) is 0 Å². The molecule has 0 aromatic heterocycles. The summed E-state index contributed by atoms with van der Waals surface area (Å²) in [6.07, 6.45) is 1.84. The van der Waals surface area contributed by atoms with E-state index in [1.807, 2.05) is 36.4 Å². The first-order valence-electron chi connectivity index (χ1n) is 6.32. The van der Waals surface area contributed by atoms with E-state index in [0.29, 0.717) is 5.75 Å². The van der Waals surface area contributed by atoms with Crippen LogP contribution in [-0.2, 0) is 6.42 Å². The molecule has 0 fully saturated rings. The predicted molar refractivity (Wildman–Crippen MR) is 85.8 cm³/mol. The third-order valence-electron chi connectivity index (χ3n) is 2.99. The summed E-state index contributed by atoms with van der Waals surface area (Å²) in [5.74, 6) is 0.659. The van der Waals surface area contributed by atoms with E-state index in [0.717, 1.165) is 15.6 Å². The number of halogens is 1. The summed E-state index contributed by atoms with van der Waals surface area (Å²) < 4.78 is 5.94. The summed E-state index contributed by atoms with van der Waals surface area (Å²) in [5, 5.41) is 11.3. The quantitative estimate of drug-likeness (QED) is 0.597. The van der Waals surface area contributed by atoms with Crippen molar-refractivity contribution in [2.24, 2.45) is 0 Å². The molecule has 5 heteroatoms. The zero-order chi connectivity index (χ0) is 15.2. The molecule has 21 heavy (non-hydrogen) atoms. The van der Waals surface area contributed by atoms with Crippen LogP contribution in [0.25, 0.3) is 6.08 Å². The zero-order valence-electron chi connectivity index (χ0n) is 11.5. The van der Waals surface area contributed by atoms with Crippen LogP contribution >= 0.6 is 15.9 Å². The van der Waals surface area contributed by atoms with Crippen LogP contribution in [0.2, 0.25) is 0 Å². The molecule has 0 saturated heterocycles. The summed E-state index contributed by atoms with van der Waals surface area (Å²) >= 11 is 3.40. The molecule has 0 amide bonds. The minimum Gasteiger partial charge on any atom is -0.497 e. The number of nitro groups is 1. The van der Waals surface area contributed by atoms with Crippen LogP contribution in [-0.4, -0.2) is 12.0 Å². The first-order valence-corrected chi connectivity index (χ1v) is 7.12. The second-order valence-corrected chi connectivity index (χ2v) is 5.30. The minimum absolute atomic E-state index is 0.134. The Balaban J connectivity index is 2.36. The molecule has 0 spiro atoms. The Bertz CT molecular complexity index is 668. The third kappa shape index (κ3) is 4.16. The van der Waals surface area contributed by atoms with E-state index in [1.54, 1.807) is 25.3 Å². The van der Waals surface area contributed by atoms with Crippen LogP contribution in [0, 0.1) is 10.1 Å². The molecular weight excluding hydrogens is 334 g/mol. The topological polar surface area (TPSA) is 52.4 Å². The predicted octanol–water partition coefficient (Wildman–Crippen LogP) is 4.32. The van der Waals surface area contributed by atoms with Crippen molar-refractivity contribution in [3.8, 4) is 5.75 Å². The Morgan fingerprint density at radius 1 is 1.29 bits per heavy atom. The molecule has 0 bridgehead atoms. The zero-order valence-corrected chi connectivity index (χ0v) is 13.0. The van der Waals surface area contributed by atoms with E-state index in [1.165, 1.54) is 0 Å². The lowest BCUT2D eigenvalue weighted by Gasteiger charge is -2.04. The third-order valence-corrected chi connectivity index (χ3v) is 3.71. The number of methoxy groups -OCH3 is 1. The summed E-state index contributed by atoms with van der Waals surface area (Å²) in [4.78, 5) is 10.9. The van der Waals surface area contributed by atoms with Crippen LogP contribution in [0.15, 0.2) is 58.7 Å². The van der Waals surface area contributed by atoms with Gasteiger partial charge in [0.2, 0.25) is 0 Å². The standard InChI is InChI=1S/C16H14BrNO3/c1-21-15-7-8-16(17)13(11-15)10-14(18(19)20)9-12-5-3-2-4-6-12/h2-8,10-11H,9H2,1H3/b14-10-. The average molecular weight is 348 g/mol. The summed E-state index contributed by atoms with van der Waals surface area (Å²) in [6.45, 7) is 0. The lowest BCUT2D eigenvalue weighted by atomic mass is 10.1. The monoisotopic (exact) mass is 347 g/mol. The van der Waals surface area contributed by atoms with Crippen LogP contribution in [0.1, 0.15) is 11.1 Å². The molecule has 0 unspecified atom stereocenters. The molecule has 0 N–H and O–H groups in total. The smallest absolute Gasteiger partial charge is 0.251 e.